The Labute approximate surface area is 188 Å². The highest BCUT2D eigenvalue weighted by molar-refractivity contribution is 5.79. The number of carbonyl (C=O) groups excluding carboxylic acids is 2. The summed E-state index contributed by atoms with van der Waals surface area (Å²) in [6, 6.07) is 16.0. The Balaban J connectivity index is 1.47. The fraction of sp³-hybridized carbons (Fsp3) is 0.400. The molecule has 32 heavy (non-hydrogen) atoms. The Morgan fingerprint density at radius 3 is 2.22 bits per heavy atom. The van der Waals surface area contributed by atoms with Crippen LogP contribution in [0.3, 0.4) is 0 Å². The fourth-order valence-corrected chi connectivity index (χ4v) is 4.03. The molecular weight excluding hydrogens is 408 g/mol. The zero-order valence-corrected chi connectivity index (χ0v) is 18.3. The van der Waals surface area contributed by atoms with Crippen molar-refractivity contribution in [3.05, 3.63) is 59.7 Å². The number of rotatable bonds is 11. The van der Waals surface area contributed by atoms with Crippen molar-refractivity contribution in [3.63, 3.8) is 0 Å². The normalized spacial score (nSPS) is 13.0. The quantitative estimate of drug-likeness (QED) is 0.459. The van der Waals surface area contributed by atoms with Crippen LogP contribution in [0.2, 0.25) is 0 Å². The number of amides is 2. The van der Waals surface area contributed by atoms with Gasteiger partial charge in [-0.15, -0.1) is 0 Å². The molecule has 1 atom stereocenters. The van der Waals surface area contributed by atoms with Crippen LogP contribution in [0.15, 0.2) is 48.5 Å². The van der Waals surface area contributed by atoms with Crippen molar-refractivity contribution in [3.8, 4) is 11.1 Å². The second-order valence-electron chi connectivity index (χ2n) is 7.98. The zero-order chi connectivity index (χ0) is 22.9. The maximum absolute atomic E-state index is 12.4. The molecular formula is C25H30N2O5. The van der Waals surface area contributed by atoms with Crippen molar-refractivity contribution in [2.75, 3.05) is 13.2 Å². The van der Waals surface area contributed by atoms with E-state index in [9.17, 15) is 14.4 Å². The summed E-state index contributed by atoms with van der Waals surface area (Å²) in [5.41, 5.74) is 4.64. The van der Waals surface area contributed by atoms with E-state index in [1.165, 1.54) is 11.1 Å². The van der Waals surface area contributed by atoms with Gasteiger partial charge in [0.2, 0.25) is 5.91 Å². The van der Waals surface area contributed by atoms with Crippen LogP contribution in [0.5, 0.6) is 0 Å². The summed E-state index contributed by atoms with van der Waals surface area (Å²) in [5.74, 6) is -1.02. The highest BCUT2D eigenvalue weighted by Crippen LogP contribution is 2.44. The van der Waals surface area contributed by atoms with Gasteiger partial charge < -0.3 is 20.5 Å². The molecule has 0 bridgehead atoms. The third kappa shape index (κ3) is 6.09. The minimum Gasteiger partial charge on any atom is -0.481 e. The largest absolute Gasteiger partial charge is 0.481 e. The van der Waals surface area contributed by atoms with E-state index in [-0.39, 0.29) is 37.3 Å². The molecule has 3 N–H and O–H groups in total. The van der Waals surface area contributed by atoms with Gasteiger partial charge in [-0.25, -0.2) is 4.79 Å². The first-order chi connectivity index (χ1) is 15.5. The standard InChI is InChI=1S/C25H30N2O5/c1-2-17(15-23(28)26-14-8-7-13-24(29)30)27-25(31)32-16-22-20-11-5-3-9-18(20)19-10-4-6-12-21(19)22/h3-6,9-12,17,22H,2,7-8,13-16H2,1H3,(H,26,28)(H,27,31)(H,29,30)/t17-/m0/s1. The fourth-order valence-electron chi connectivity index (χ4n) is 4.03. The van der Waals surface area contributed by atoms with Crippen molar-refractivity contribution in [2.45, 2.75) is 51.0 Å². The van der Waals surface area contributed by atoms with Gasteiger partial charge in [-0.3, -0.25) is 9.59 Å². The Hall–Kier alpha value is -3.35. The topological polar surface area (TPSA) is 105 Å². The van der Waals surface area contributed by atoms with E-state index in [1.807, 2.05) is 31.2 Å². The molecule has 0 aliphatic heterocycles. The van der Waals surface area contributed by atoms with Crippen molar-refractivity contribution in [1.82, 2.24) is 10.6 Å². The zero-order valence-electron chi connectivity index (χ0n) is 18.3. The average molecular weight is 439 g/mol. The number of ether oxygens (including phenoxy) is 1. The Bertz CT molecular complexity index is 913. The molecule has 0 unspecified atom stereocenters. The molecule has 1 aliphatic rings. The Kier molecular flexibility index (Phi) is 8.25. The molecule has 0 fully saturated rings. The number of unbranched alkanes of at least 4 members (excludes halogenated alkanes) is 1. The summed E-state index contributed by atoms with van der Waals surface area (Å²) < 4.78 is 5.55. The van der Waals surface area contributed by atoms with E-state index >= 15 is 0 Å². The minimum absolute atomic E-state index is 0.0117. The molecule has 0 aromatic heterocycles. The lowest BCUT2D eigenvalue weighted by molar-refractivity contribution is -0.137. The molecule has 2 aromatic rings. The summed E-state index contributed by atoms with van der Waals surface area (Å²) in [5, 5.41) is 14.2. The van der Waals surface area contributed by atoms with E-state index in [0.717, 1.165) is 11.1 Å². The van der Waals surface area contributed by atoms with E-state index < -0.39 is 12.1 Å². The average Bonchev–Trinajstić information content (AvgIpc) is 3.10. The molecule has 0 spiro atoms. The highest BCUT2D eigenvalue weighted by Gasteiger charge is 2.29. The van der Waals surface area contributed by atoms with Crippen LogP contribution >= 0.6 is 0 Å². The van der Waals surface area contributed by atoms with Crippen molar-refractivity contribution in [1.29, 1.82) is 0 Å². The first-order valence-electron chi connectivity index (χ1n) is 11.1. The third-order valence-electron chi connectivity index (χ3n) is 5.73. The van der Waals surface area contributed by atoms with E-state index in [4.69, 9.17) is 9.84 Å². The monoisotopic (exact) mass is 438 g/mol. The van der Waals surface area contributed by atoms with Gasteiger partial charge in [0.25, 0.3) is 0 Å². The Morgan fingerprint density at radius 1 is 1.00 bits per heavy atom. The molecule has 7 nitrogen and oxygen atoms in total. The molecule has 2 aromatic carbocycles. The number of carboxylic acid groups (broad SMARTS) is 1. The first-order valence-corrected chi connectivity index (χ1v) is 11.1. The predicted octanol–water partition coefficient (Wildman–Crippen LogP) is 4.06. The summed E-state index contributed by atoms with van der Waals surface area (Å²) >= 11 is 0. The highest BCUT2D eigenvalue weighted by atomic mass is 16.5. The van der Waals surface area contributed by atoms with Gasteiger partial charge in [0.1, 0.15) is 6.61 Å². The molecule has 1 aliphatic carbocycles. The van der Waals surface area contributed by atoms with Crippen LogP contribution in [-0.2, 0) is 14.3 Å². The number of fused-ring (bicyclic) bond motifs is 3. The van der Waals surface area contributed by atoms with Crippen molar-refractivity contribution >= 4 is 18.0 Å². The van der Waals surface area contributed by atoms with Gasteiger partial charge in [-0.2, -0.15) is 0 Å². The second-order valence-corrected chi connectivity index (χ2v) is 7.98. The lowest BCUT2D eigenvalue weighted by atomic mass is 9.98. The number of carbonyl (C=O) groups is 3. The second kappa shape index (κ2) is 11.3. The summed E-state index contributed by atoms with van der Waals surface area (Å²) in [6.07, 6.45) is 1.43. The number of nitrogens with one attached hydrogen (secondary N) is 2. The van der Waals surface area contributed by atoms with Crippen molar-refractivity contribution in [2.24, 2.45) is 0 Å². The number of hydrogen-bond acceptors (Lipinski definition) is 4. The Morgan fingerprint density at radius 2 is 1.62 bits per heavy atom. The number of hydrogen-bond donors (Lipinski definition) is 3. The van der Waals surface area contributed by atoms with Gasteiger partial charge >= 0.3 is 12.1 Å². The molecule has 0 heterocycles. The van der Waals surface area contributed by atoms with Crippen LogP contribution < -0.4 is 10.6 Å². The van der Waals surface area contributed by atoms with E-state index in [1.54, 1.807) is 0 Å². The molecule has 0 saturated carbocycles. The number of alkyl carbamates (subject to hydrolysis) is 1. The molecule has 7 heteroatoms. The van der Waals surface area contributed by atoms with E-state index in [0.29, 0.717) is 25.8 Å². The maximum atomic E-state index is 12.4. The van der Waals surface area contributed by atoms with Crippen LogP contribution in [0.4, 0.5) is 4.79 Å². The minimum atomic E-state index is -0.838. The van der Waals surface area contributed by atoms with Crippen molar-refractivity contribution < 1.29 is 24.2 Å². The van der Waals surface area contributed by atoms with Crippen LogP contribution in [0, 0.1) is 0 Å². The van der Waals surface area contributed by atoms with Crippen LogP contribution in [0.25, 0.3) is 11.1 Å². The number of carboxylic acids is 1. The summed E-state index contributed by atoms with van der Waals surface area (Å²) in [4.78, 5) is 35.0. The van der Waals surface area contributed by atoms with Gasteiger partial charge in [-0.05, 0) is 41.5 Å². The smallest absolute Gasteiger partial charge is 0.407 e. The predicted molar refractivity (Wildman–Crippen MR) is 121 cm³/mol. The SMILES string of the molecule is CC[C@@H](CC(=O)NCCCCC(=O)O)NC(=O)OCC1c2ccccc2-c2ccccc21. The number of benzene rings is 2. The lowest BCUT2D eigenvalue weighted by Crippen LogP contribution is -2.39. The summed E-state index contributed by atoms with van der Waals surface area (Å²) in [6.45, 7) is 2.55. The lowest BCUT2D eigenvalue weighted by Gasteiger charge is -2.18. The molecule has 0 saturated heterocycles. The van der Waals surface area contributed by atoms with Gasteiger partial charge in [-0.1, -0.05) is 55.5 Å². The third-order valence-corrected chi connectivity index (χ3v) is 5.73. The van der Waals surface area contributed by atoms with Gasteiger partial charge in [0, 0.05) is 31.3 Å². The van der Waals surface area contributed by atoms with Gasteiger partial charge in [0.05, 0.1) is 0 Å². The number of aliphatic carboxylic acids is 1. The summed E-state index contributed by atoms with van der Waals surface area (Å²) in [7, 11) is 0. The first kappa shape index (κ1) is 23.3. The maximum Gasteiger partial charge on any atom is 0.407 e. The molecule has 170 valence electrons. The molecule has 0 radical (unpaired) electrons. The van der Waals surface area contributed by atoms with Crippen LogP contribution in [0.1, 0.15) is 56.1 Å². The molecule has 2 amide bonds. The van der Waals surface area contributed by atoms with E-state index in [2.05, 4.69) is 34.9 Å². The van der Waals surface area contributed by atoms with Crippen LogP contribution in [-0.4, -0.2) is 42.3 Å². The molecule has 3 rings (SSSR count). The van der Waals surface area contributed by atoms with Gasteiger partial charge in [0.15, 0.2) is 0 Å².